The molecule has 3 aromatic rings. The van der Waals surface area contributed by atoms with Crippen molar-refractivity contribution in [2.24, 2.45) is 5.92 Å². The number of carbonyl (C=O) groups excluding carboxylic acids is 2. The number of carbonyl (C=O) groups is 2. The fourth-order valence-corrected chi connectivity index (χ4v) is 6.03. The lowest BCUT2D eigenvalue weighted by atomic mass is 9.81. The molecule has 2 N–H and O–H groups in total. The summed E-state index contributed by atoms with van der Waals surface area (Å²) in [6.45, 7) is 3.16. The predicted molar refractivity (Wildman–Crippen MR) is 150 cm³/mol. The minimum absolute atomic E-state index is 0.00876. The molecule has 244 valence electrons. The molecule has 4 heterocycles. The van der Waals surface area contributed by atoms with E-state index in [4.69, 9.17) is 9.72 Å². The highest BCUT2D eigenvalue weighted by atomic mass is 19.4. The number of alkyl halides is 5. The van der Waals surface area contributed by atoms with Gasteiger partial charge in [0.25, 0.3) is 5.91 Å². The lowest BCUT2D eigenvalue weighted by molar-refractivity contribution is -0.150. The molecule has 3 atom stereocenters. The first-order valence-corrected chi connectivity index (χ1v) is 15.1. The van der Waals surface area contributed by atoms with Crippen LogP contribution in [0.3, 0.4) is 0 Å². The number of aromatic nitrogens is 5. The Morgan fingerprint density at radius 3 is 2.56 bits per heavy atom. The van der Waals surface area contributed by atoms with Gasteiger partial charge in [-0.3, -0.25) is 9.48 Å². The second kappa shape index (κ2) is 11.8. The average Bonchev–Trinajstić information content (AvgIpc) is 3.32. The van der Waals surface area contributed by atoms with Crippen molar-refractivity contribution in [3.63, 3.8) is 0 Å². The molecule has 0 aromatic carbocycles. The standard InChI is InChI=1S/C29H35F5N8O3/c1-16(2)42-21(7-10-35-42)26(43)39-25(17-5-8-28(30,31)9-6-17)20-13-41-24(37-20)11-18(12-36-41)22(15-45-19-3-4-19)40-14-23(29(32,33)34)38-27(40)44/h7,10-13,16-17,19,22-23,25H,3-6,8-9,14-15H2,1-2H3,(H,38,44)(H,39,43)/t22-,23+,25+/m1/s1. The van der Waals surface area contributed by atoms with Crippen LogP contribution >= 0.6 is 0 Å². The molecule has 0 spiro atoms. The number of fused-ring (bicyclic) bond motifs is 1. The molecule has 45 heavy (non-hydrogen) atoms. The number of rotatable bonds is 10. The van der Waals surface area contributed by atoms with Crippen molar-refractivity contribution in [1.82, 2.24) is 39.9 Å². The third kappa shape index (κ3) is 6.75. The van der Waals surface area contributed by atoms with Crippen molar-refractivity contribution in [2.75, 3.05) is 13.2 Å². The number of imidazole rings is 1. The lowest BCUT2D eigenvalue weighted by Crippen LogP contribution is -2.40. The molecule has 2 saturated carbocycles. The number of nitrogens with one attached hydrogen (secondary N) is 2. The molecule has 0 radical (unpaired) electrons. The summed E-state index contributed by atoms with van der Waals surface area (Å²) in [5, 5.41) is 13.6. The minimum Gasteiger partial charge on any atom is -0.376 e. The molecular weight excluding hydrogens is 603 g/mol. The third-order valence-electron chi connectivity index (χ3n) is 8.70. The van der Waals surface area contributed by atoms with Crippen LogP contribution in [0.2, 0.25) is 0 Å². The van der Waals surface area contributed by atoms with Crippen LogP contribution in [0.1, 0.15) is 92.2 Å². The monoisotopic (exact) mass is 638 g/mol. The average molecular weight is 639 g/mol. The van der Waals surface area contributed by atoms with Crippen LogP contribution in [0.5, 0.6) is 0 Å². The Bertz CT molecular complexity index is 1540. The van der Waals surface area contributed by atoms with E-state index in [0.29, 0.717) is 22.6 Å². The van der Waals surface area contributed by atoms with Crippen LogP contribution in [-0.4, -0.2) is 78.6 Å². The maximum atomic E-state index is 14.1. The lowest BCUT2D eigenvalue weighted by Gasteiger charge is -2.33. The van der Waals surface area contributed by atoms with Crippen molar-refractivity contribution in [2.45, 2.75) is 94.7 Å². The van der Waals surface area contributed by atoms with Gasteiger partial charge in [-0.25, -0.2) is 23.1 Å². The first-order valence-electron chi connectivity index (χ1n) is 15.1. The molecule has 3 fully saturated rings. The number of hydrogen-bond acceptors (Lipinski definition) is 6. The highest BCUT2D eigenvalue weighted by Gasteiger charge is 2.49. The van der Waals surface area contributed by atoms with Gasteiger partial charge in [-0.2, -0.15) is 23.4 Å². The molecule has 3 aromatic heterocycles. The Hall–Kier alpha value is -3.82. The van der Waals surface area contributed by atoms with E-state index in [1.807, 2.05) is 19.2 Å². The van der Waals surface area contributed by atoms with E-state index in [1.165, 1.54) is 16.9 Å². The third-order valence-corrected chi connectivity index (χ3v) is 8.70. The van der Waals surface area contributed by atoms with Gasteiger partial charge < -0.3 is 20.3 Å². The van der Waals surface area contributed by atoms with Crippen LogP contribution in [0.4, 0.5) is 26.7 Å². The number of hydrogen-bond donors (Lipinski definition) is 2. The zero-order chi connectivity index (χ0) is 32.1. The Balaban J connectivity index is 1.30. The zero-order valence-corrected chi connectivity index (χ0v) is 24.8. The summed E-state index contributed by atoms with van der Waals surface area (Å²) in [7, 11) is 0. The first-order chi connectivity index (χ1) is 21.3. The summed E-state index contributed by atoms with van der Waals surface area (Å²) in [5.74, 6) is -3.53. The van der Waals surface area contributed by atoms with E-state index in [0.717, 1.165) is 17.7 Å². The summed E-state index contributed by atoms with van der Waals surface area (Å²) < 4.78 is 77.4. The van der Waals surface area contributed by atoms with Crippen LogP contribution in [-0.2, 0) is 4.74 Å². The Labute approximate surface area is 255 Å². The van der Waals surface area contributed by atoms with Crippen molar-refractivity contribution in [3.8, 4) is 0 Å². The van der Waals surface area contributed by atoms with Crippen molar-refractivity contribution in [3.05, 3.63) is 47.7 Å². The van der Waals surface area contributed by atoms with Crippen LogP contribution < -0.4 is 10.6 Å². The molecule has 0 bridgehead atoms. The SMILES string of the molecule is CC(C)n1nccc1C(=O)N[C@H](c1cn2ncc([C@@H](COC3CC3)N3C[C@@H](C(F)(F)F)NC3=O)cc2n1)C1CCC(F)(F)CC1. The van der Waals surface area contributed by atoms with E-state index in [2.05, 4.69) is 15.5 Å². The van der Waals surface area contributed by atoms with Gasteiger partial charge >= 0.3 is 12.2 Å². The Kier molecular flexibility index (Phi) is 8.20. The topological polar surface area (TPSA) is 119 Å². The van der Waals surface area contributed by atoms with Gasteiger partial charge in [0.1, 0.15) is 11.7 Å². The summed E-state index contributed by atoms with van der Waals surface area (Å²) in [6.07, 6.45) is 1.32. The molecule has 2 aliphatic carbocycles. The molecule has 1 aliphatic heterocycles. The molecule has 6 rings (SSSR count). The second-order valence-electron chi connectivity index (χ2n) is 12.4. The van der Waals surface area contributed by atoms with Gasteiger partial charge in [-0.15, -0.1) is 0 Å². The van der Waals surface area contributed by atoms with Crippen molar-refractivity contribution >= 4 is 17.6 Å². The quantitative estimate of drug-likeness (QED) is 0.303. The number of ether oxygens (including phenoxy) is 1. The van der Waals surface area contributed by atoms with Gasteiger partial charge in [0, 0.05) is 30.6 Å². The molecule has 3 amide bonds. The number of urea groups is 1. The highest BCUT2D eigenvalue weighted by molar-refractivity contribution is 5.92. The number of halogens is 5. The van der Waals surface area contributed by atoms with Gasteiger partial charge in [-0.1, -0.05) is 0 Å². The molecule has 1 saturated heterocycles. The molecule has 3 aliphatic rings. The minimum atomic E-state index is -4.61. The van der Waals surface area contributed by atoms with Crippen molar-refractivity contribution < 1.29 is 36.3 Å². The number of nitrogens with zero attached hydrogens (tertiary/aromatic N) is 6. The van der Waals surface area contributed by atoms with Crippen LogP contribution in [0, 0.1) is 5.92 Å². The summed E-state index contributed by atoms with van der Waals surface area (Å²) in [4.78, 5) is 31.9. The van der Waals surface area contributed by atoms with E-state index >= 15 is 0 Å². The largest absolute Gasteiger partial charge is 0.410 e. The Morgan fingerprint density at radius 2 is 1.91 bits per heavy atom. The van der Waals surface area contributed by atoms with Gasteiger partial charge in [0.15, 0.2) is 5.65 Å². The maximum absolute atomic E-state index is 14.1. The van der Waals surface area contributed by atoms with Gasteiger partial charge in [0.05, 0.1) is 49.4 Å². The molecular formula is C29H35F5N8O3. The molecule has 11 nitrogen and oxygen atoms in total. The second-order valence-corrected chi connectivity index (χ2v) is 12.4. The van der Waals surface area contributed by atoms with Gasteiger partial charge in [0.2, 0.25) is 5.92 Å². The smallest absolute Gasteiger partial charge is 0.376 e. The van der Waals surface area contributed by atoms with Crippen LogP contribution in [0.25, 0.3) is 5.65 Å². The fourth-order valence-electron chi connectivity index (χ4n) is 6.03. The zero-order valence-electron chi connectivity index (χ0n) is 24.8. The summed E-state index contributed by atoms with van der Waals surface area (Å²) >= 11 is 0. The maximum Gasteiger partial charge on any atom is 0.410 e. The Morgan fingerprint density at radius 1 is 1.18 bits per heavy atom. The fraction of sp³-hybridized carbons (Fsp3) is 0.621. The summed E-state index contributed by atoms with van der Waals surface area (Å²) in [5.41, 5.74) is 1.47. The van der Waals surface area contributed by atoms with Crippen LogP contribution in [0.15, 0.2) is 30.7 Å². The first kappa shape index (κ1) is 31.2. The highest BCUT2D eigenvalue weighted by Crippen LogP contribution is 2.41. The summed E-state index contributed by atoms with van der Waals surface area (Å²) in [6, 6.07) is -1.34. The normalized spacial score (nSPS) is 22.2. The van der Waals surface area contributed by atoms with Crippen molar-refractivity contribution in [1.29, 1.82) is 0 Å². The predicted octanol–water partition coefficient (Wildman–Crippen LogP) is 4.98. The van der Waals surface area contributed by atoms with E-state index in [-0.39, 0.29) is 50.4 Å². The van der Waals surface area contributed by atoms with E-state index in [1.54, 1.807) is 23.0 Å². The van der Waals surface area contributed by atoms with Gasteiger partial charge in [-0.05, 0) is 57.6 Å². The molecule has 16 heteroatoms. The van der Waals surface area contributed by atoms with E-state index < -0.39 is 48.7 Å². The van der Waals surface area contributed by atoms with E-state index in [9.17, 15) is 31.5 Å². The molecule has 0 unspecified atom stereocenters. The number of amides is 3.